The first-order valence-corrected chi connectivity index (χ1v) is 8.19. The largest absolute Gasteiger partial charge is 0.390 e. The average Bonchev–Trinajstić information content (AvgIpc) is 2.92. The predicted molar refractivity (Wildman–Crippen MR) is 87.1 cm³/mol. The van der Waals surface area contributed by atoms with Crippen LogP contribution in [-0.4, -0.2) is 49.2 Å². The Bertz CT molecular complexity index is 674. The maximum Gasteiger partial charge on any atom is 0.274 e. The Kier molecular flexibility index (Phi) is 4.10. The summed E-state index contributed by atoms with van der Waals surface area (Å²) in [5.74, 6) is 0.496. The highest BCUT2D eigenvalue weighted by atomic mass is 16.3. The van der Waals surface area contributed by atoms with Gasteiger partial charge in [0.1, 0.15) is 0 Å². The lowest BCUT2D eigenvalue weighted by Gasteiger charge is -2.43. The fourth-order valence-corrected chi connectivity index (χ4v) is 3.30. The molecule has 2 aromatic rings. The molecule has 0 aliphatic carbocycles. The average molecular weight is 316 g/mol. The number of aliphatic hydroxyl groups is 1. The van der Waals surface area contributed by atoms with Crippen LogP contribution in [0.15, 0.2) is 24.5 Å². The minimum Gasteiger partial charge on any atom is -0.390 e. The molecule has 0 saturated carbocycles. The molecule has 2 atom stereocenters. The van der Waals surface area contributed by atoms with E-state index in [1.54, 1.807) is 29.0 Å². The van der Waals surface area contributed by atoms with E-state index in [0.29, 0.717) is 36.8 Å². The van der Waals surface area contributed by atoms with Crippen molar-refractivity contribution in [3.05, 3.63) is 30.2 Å². The summed E-state index contributed by atoms with van der Waals surface area (Å²) in [7, 11) is 0. The summed E-state index contributed by atoms with van der Waals surface area (Å²) in [6.45, 7) is 7.30. The molecule has 0 aromatic carbocycles. The minimum atomic E-state index is -0.707. The molecule has 3 rings (SSSR count). The zero-order valence-electron chi connectivity index (χ0n) is 13.9. The molecular formula is C17H24N4O2. The Morgan fingerprint density at radius 3 is 3.00 bits per heavy atom. The highest BCUT2D eigenvalue weighted by Crippen LogP contribution is 2.32. The molecule has 0 spiro atoms. The first-order chi connectivity index (χ1) is 10.9. The van der Waals surface area contributed by atoms with E-state index in [0.717, 1.165) is 6.42 Å². The van der Waals surface area contributed by atoms with Crippen LogP contribution in [0.5, 0.6) is 0 Å². The van der Waals surface area contributed by atoms with Crippen LogP contribution in [0.25, 0.3) is 5.65 Å². The van der Waals surface area contributed by atoms with Gasteiger partial charge in [-0.1, -0.05) is 13.8 Å². The normalized spacial score (nSPS) is 25.3. The monoisotopic (exact) mass is 316 g/mol. The van der Waals surface area contributed by atoms with E-state index >= 15 is 0 Å². The summed E-state index contributed by atoms with van der Waals surface area (Å²) in [6.07, 6.45) is 4.97. The van der Waals surface area contributed by atoms with E-state index in [1.807, 2.05) is 11.8 Å². The summed E-state index contributed by atoms with van der Waals surface area (Å²) in [5.41, 5.74) is 0.369. The SMILES string of the molecule is CC(C)C[C@H]1CN(C(=O)c2cc3ncccn3n2)CC[C@@]1(C)O. The molecule has 0 bridgehead atoms. The lowest BCUT2D eigenvalue weighted by molar-refractivity contribution is -0.0578. The zero-order valence-corrected chi connectivity index (χ0v) is 13.9. The number of fused-ring (bicyclic) bond motifs is 1. The van der Waals surface area contributed by atoms with E-state index < -0.39 is 5.60 Å². The van der Waals surface area contributed by atoms with Crippen LogP contribution >= 0.6 is 0 Å². The van der Waals surface area contributed by atoms with Crippen molar-refractivity contribution in [2.45, 2.75) is 39.2 Å². The van der Waals surface area contributed by atoms with Crippen molar-refractivity contribution < 1.29 is 9.90 Å². The first-order valence-electron chi connectivity index (χ1n) is 8.19. The maximum atomic E-state index is 12.8. The van der Waals surface area contributed by atoms with Gasteiger partial charge < -0.3 is 10.0 Å². The number of hydrogen-bond donors (Lipinski definition) is 1. The molecule has 1 aliphatic rings. The third-order valence-electron chi connectivity index (χ3n) is 4.71. The Balaban J connectivity index is 1.79. The summed E-state index contributed by atoms with van der Waals surface area (Å²) in [5, 5.41) is 14.9. The van der Waals surface area contributed by atoms with Crippen LogP contribution in [0.3, 0.4) is 0 Å². The summed E-state index contributed by atoms with van der Waals surface area (Å²) < 4.78 is 1.61. The maximum absolute atomic E-state index is 12.8. The van der Waals surface area contributed by atoms with Gasteiger partial charge in [-0.15, -0.1) is 0 Å². The molecule has 6 nitrogen and oxygen atoms in total. The molecule has 6 heteroatoms. The van der Waals surface area contributed by atoms with Gasteiger partial charge in [0.2, 0.25) is 0 Å². The molecule has 1 fully saturated rings. The summed E-state index contributed by atoms with van der Waals surface area (Å²) >= 11 is 0. The van der Waals surface area contributed by atoms with Gasteiger partial charge >= 0.3 is 0 Å². The second kappa shape index (κ2) is 5.92. The summed E-state index contributed by atoms with van der Waals surface area (Å²) in [4.78, 5) is 18.8. The molecule has 1 amide bonds. The zero-order chi connectivity index (χ0) is 16.6. The number of hydrogen-bond acceptors (Lipinski definition) is 4. The molecule has 2 aromatic heterocycles. The van der Waals surface area contributed by atoms with Gasteiger partial charge in [-0.05, 0) is 31.7 Å². The number of rotatable bonds is 3. The lowest BCUT2D eigenvalue weighted by Crippen LogP contribution is -2.52. The highest BCUT2D eigenvalue weighted by Gasteiger charge is 2.39. The second-order valence-corrected chi connectivity index (χ2v) is 7.14. The van der Waals surface area contributed by atoms with Crippen LogP contribution in [0.4, 0.5) is 0 Å². The van der Waals surface area contributed by atoms with Crippen LogP contribution < -0.4 is 0 Å². The fourth-order valence-electron chi connectivity index (χ4n) is 3.30. The number of piperidine rings is 1. The summed E-state index contributed by atoms with van der Waals surface area (Å²) in [6, 6.07) is 3.50. The predicted octanol–water partition coefficient (Wildman–Crippen LogP) is 1.99. The van der Waals surface area contributed by atoms with Crippen molar-refractivity contribution in [2.75, 3.05) is 13.1 Å². The van der Waals surface area contributed by atoms with E-state index in [4.69, 9.17) is 0 Å². The van der Waals surface area contributed by atoms with Crippen LogP contribution in [0.2, 0.25) is 0 Å². The molecule has 1 saturated heterocycles. The number of likely N-dealkylation sites (tertiary alicyclic amines) is 1. The van der Waals surface area contributed by atoms with Gasteiger partial charge in [-0.25, -0.2) is 9.50 Å². The van der Waals surface area contributed by atoms with E-state index in [1.165, 1.54) is 0 Å². The van der Waals surface area contributed by atoms with Gasteiger partial charge in [-0.2, -0.15) is 5.10 Å². The van der Waals surface area contributed by atoms with Crippen molar-refractivity contribution in [1.29, 1.82) is 0 Å². The van der Waals surface area contributed by atoms with E-state index in [9.17, 15) is 9.90 Å². The fraction of sp³-hybridized carbons (Fsp3) is 0.588. The number of amides is 1. The standard InChI is InChI=1S/C17H24N4O2/c1-12(2)9-13-11-20(8-5-17(13,3)23)16(22)14-10-15-18-6-4-7-21(15)19-14/h4,6-7,10,12-13,23H,5,8-9,11H2,1-3H3/t13-,17+/m0/s1. The molecule has 23 heavy (non-hydrogen) atoms. The topological polar surface area (TPSA) is 70.7 Å². The van der Waals surface area contributed by atoms with E-state index in [-0.39, 0.29) is 11.8 Å². The van der Waals surface area contributed by atoms with Gasteiger partial charge in [0.05, 0.1) is 5.60 Å². The number of carbonyl (C=O) groups is 1. The highest BCUT2D eigenvalue weighted by molar-refractivity contribution is 5.93. The van der Waals surface area contributed by atoms with Gasteiger partial charge in [0.15, 0.2) is 11.3 Å². The Hall–Kier alpha value is -1.95. The van der Waals surface area contributed by atoms with Crippen molar-refractivity contribution in [3.8, 4) is 0 Å². The van der Waals surface area contributed by atoms with Gasteiger partial charge in [-0.3, -0.25) is 4.79 Å². The molecule has 1 N–H and O–H groups in total. The molecule has 0 unspecified atom stereocenters. The van der Waals surface area contributed by atoms with Crippen LogP contribution in [0.1, 0.15) is 44.1 Å². The van der Waals surface area contributed by atoms with Crippen molar-refractivity contribution in [3.63, 3.8) is 0 Å². The molecule has 3 heterocycles. The molecular weight excluding hydrogens is 292 g/mol. The van der Waals surface area contributed by atoms with Crippen LogP contribution in [0, 0.1) is 11.8 Å². The van der Waals surface area contributed by atoms with Crippen molar-refractivity contribution in [1.82, 2.24) is 19.5 Å². The number of carbonyl (C=O) groups excluding carboxylic acids is 1. The van der Waals surface area contributed by atoms with Crippen molar-refractivity contribution >= 4 is 11.6 Å². The second-order valence-electron chi connectivity index (χ2n) is 7.14. The minimum absolute atomic E-state index is 0.0836. The van der Waals surface area contributed by atoms with Gasteiger partial charge in [0, 0.05) is 37.5 Å². The molecule has 124 valence electrons. The lowest BCUT2D eigenvalue weighted by atomic mass is 9.78. The smallest absolute Gasteiger partial charge is 0.274 e. The quantitative estimate of drug-likeness (QED) is 0.940. The van der Waals surface area contributed by atoms with Crippen LogP contribution in [-0.2, 0) is 0 Å². The third kappa shape index (κ3) is 3.22. The molecule has 0 radical (unpaired) electrons. The Labute approximate surface area is 136 Å². The third-order valence-corrected chi connectivity index (χ3v) is 4.71. The Morgan fingerprint density at radius 1 is 1.52 bits per heavy atom. The number of aromatic nitrogens is 3. The number of nitrogens with zero attached hydrogens (tertiary/aromatic N) is 4. The van der Waals surface area contributed by atoms with Gasteiger partial charge in [0.25, 0.3) is 5.91 Å². The molecule has 1 aliphatic heterocycles. The Morgan fingerprint density at radius 2 is 2.30 bits per heavy atom. The first kappa shape index (κ1) is 15.9. The van der Waals surface area contributed by atoms with Crippen molar-refractivity contribution in [2.24, 2.45) is 11.8 Å². The van der Waals surface area contributed by atoms with E-state index in [2.05, 4.69) is 23.9 Å².